The number of hydrogen-bond acceptors (Lipinski definition) is 2. The van der Waals surface area contributed by atoms with Gasteiger partial charge in [-0.1, -0.05) is 34.6 Å². The number of nitrogens with one attached hydrogen (secondary N) is 1. The molecule has 0 aromatic carbocycles. The second-order valence-electron chi connectivity index (χ2n) is 5.31. The molecule has 0 aliphatic heterocycles. The van der Waals surface area contributed by atoms with Crippen molar-refractivity contribution in [1.29, 1.82) is 0 Å². The molecule has 1 N–H and O–H groups in total. The van der Waals surface area contributed by atoms with Gasteiger partial charge in [0.2, 0.25) is 0 Å². The van der Waals surface area contributed by atoms with Crippen molar-refractivity contribution in [3.63, 3.8) is 0 Å². The van der Waals surface area contributed by atoms with Crippen molar-refractivity contribution in [2.45, 2.75) is 72.8 Å². The number of rotatable bonds is 8. The summed E-state index contributed by atoms with van der Waals surface area (Å²) in [5.74, 6) is 0.352. The highest BCUT2D eigenvalue weighted by Crippen LogP contribution is 2.26. The van der Waals surface area contributed by atoms with E-state index in [1.807, 2.05) is 0 Å². The summed E-state index contributed by atoms with van der Waals surface area (Å²) in [4.78, 5) is 12.1. The highest BCUT2D eigenvalue weighted by molar-refractivity contribution is 5.86. The van der Waals surface area contributed by atoms with Gasteiger partial charge in [0, 0.05) is 11.0 Å². The smallest absolute Gasteiger partial charge is 0.152 e. The monoisotopic (exact) mass is 227 g/mol. The average molecular weight is 227 g/mol. The average Bonchev–Trinajstić information content (AvgIpc) is 2.34. The van der Waals surface area contributed by atoms with Crippen molar-refractivity contribution in [2.24, 2.45) is 5.41 Å². The Kier molecular flexibility index (Phi) is 6.24. The molecule has 0 saturated carbocycles. The van der Waals surface area contributed by atoms with Gasteiger partial charge in [0.05, 0.1) is 6.54 Å². The van der Waals surface area contributed by atoms with Gasteiger partial charge in [-0.15, -0.1) is 0 Å². The van der Waals surface area contributed by atoms with Crippen LogP contribution in [0.5, 0.6) is 0 Å². The largest absolute Gasteiger partial charge is 0.305 e. The second kappa shape index (κ2) is 6.39. The predicted octanol–water partition coefficient (Wildman–Crippen LogP) is 3.55. The molecule has 0 atom stereocenters. The van der Waals surface area contributed by atoms with Crippen LogP contribution < -0.4 is 5.32 Å². The Labute approximate surface area is 101 Å². The fraction of sp³-hybridized carbons (Fsp3) is 0.929. The van der Waals surface area contributed by atoms with Gasteiger partial charge in [-0.3, -0.25) is 4.79 Å². The first-order valence-corrected chi connectivity index (χ1v) is 6.65. The van der Waals surface area contributed by atoms with E-state index in [4.69, 9.17) is 0 Å². The van der Waals surface area contributed by atoms with Gasteiger partial charge < -0.3 is 5.32 Å². The Hall–Kier alpha value is -0.370. The molecule has 96 valence electrons. The summed E-state index contributed by atoms with van der Waals surface area (Å²) in [5.41, 5.74) is -0.0343. The summed E-state index contributed by atoms with van der Waals surface area (Å²) >= 11 is 0. The molecule has 0 amide bonds. The SMILES string of the molecule is CCC(C)(CC)NCC(=O)C(C)(CC)CC. The Morgan fingerprint density at radius 1 is 0.938 bits per heavy atom. The molecule has 0 spiro atoms. The van der Waals surface area contributed by atoms with E-state index < -0.39 is 0 Å². The van der Waals surface area contributed by atoms with E-state index in [9.17, 15) is 4.79 Å². The summed E-state index contributed by atoms with van der Waals surface area (Å²) in [6.07, 6.45) is 3.98. The van der Waals surface area contributed by atoms with Crippen LogP contribution >= 0.6 is 0 Å². The minimum atomic E-state index is -0.143. The maximum Gasteiger partial charge on any atom is 0.152 e. The zero-order chi connectivity index (χ0) is 12.8. The van der Waals surface area contributed by atoms with Gasteiger partial charge in [-0.05, 0) is 32.6 Å². The molecule has 0 rings (SSSR count). The van der Waals surface area contributed by atoms with Gasteiger partial charge in [-0.2, -0.15) is 0 Å². The molecule has 0 aromatic heterocycles. The van der Waals surface area contributed by atoms with E-state index in [0.717, 1.165) is 25.7 Å². The van der Waals surface area contributed by atoms with E-state index in [1.165, 1.54) is 0 Å². The van der Waals surface area contributed by atoms with E-state index in [1.54, 1.807) is 0 Å². The molecule has 0 saturated heterocycles. The van der Waals surface area contributed by atoms with Crippen molar-refractivity contribution < 1.29 is 4.79 Å². The van der Waals surface area contributed by atoms with Crippen molar-refractivity contribution in [2.75, 3.05) is 6.54 Å². The standard InChI is InChI=1S/C14H29NO/c1-7-13(5,8-2)12(16)11-15-14(6,9-3)10-4/h15H,7-11H2,1-6H3. The molecule has 0 aliphatic carbocycles. The molecule has 2 heteroatoms. The van der Waals surface area contributed by atoms with E-state index >= 15 is 0 Å². The zero-order valence-corrected chi connectivity index (χ0v) is 11.9. The van der Waals surface area contributed by atoms with Crippen LogP contribution in [0.2, 0.25) is 0 Å². The molecule has 0 heterocycles. The first-order chi connectivity index (χ1) is 7.37. The fourth-order valence-corrected chi connectivity index (χ4v) is 1.65. The maximum atomic E-state index is 12.1. The van der Waals surface area contributed by atoms with Gasteiger partial charge in [0.25, 0.3) is 0 Å². The molecule has 0 bridgehead atoms. The maximum absolute atomic E-state index is 12.1. The summed E-state index contributed by atoms with van der Waals surface area (Å²) in [6.45, 7) is 13.3. The van der Waals surface area contributed by atoms with Crippen LogP contribution in [0, 0.1) is 5.41 Å². The summed E-state index contributed by atoms with van der Waals surface area (Å²) in [7, 11) is 0. The lowest BCUT2D eigenvalue weighted by molar-refractivity contribution is -0.127. The first kappa shape index (κ1) is 15.6. The number of hydrogen-bond donors (Lipinski definition) is 1. The summed E-state index contributed by atoms with van der Waals surface area (Å²) < 4.78 is 0. The van der Waals surface area contributed by atoms with Crippen LogP contribution in [0.3, 0.4) is 0 Å². The van der Waals surface area contributed by atoms with Gasteiger partial charge >= 0.3 is 0 Å². The normalized spacial score (nSPS) is 12.9. The minimum absolute atomic E-state index is 0.109. The first-order valence-electron chi connectivity index (χ1n) is 6.65. The highest BCUT2D eigenvalue weighted by Gasteiger charge is 2.30. The van der Waals surface area contributed by atoms with E-state index in [0.29, 0.717) is 12.3 Å². The van der Waals surface area contributed by atoms with Gasteiger partial charge in [0.15, 0.2) is 5.78 Å². The third-order valence-corrected chi connectivity index (χ3v) is 4.47. The van der Waals surface area contributed by atoms with Crippen molar-refractivity contribution in [3.8, 4) is 0 Å². The lowest BCUT2D eigenvalue weighted by Gasteiger charge is -2.31. The minimum Gasteiger partial charge on any atom is -0.305 e. The van der Waals surface area contributed by atoms with Crippen LogP contribution in [0.1, 0.15) is 67.2 Å². The van der Waals surface area contributed by atoms with Crippen LogP contribution in [-0.4, -0.2) is 17.9 Å². The number of carbonyl (C=O) groups excluding carboxylic acids is 1. The topological polar surface area (TPSA) is 29.1 Å². The molecule has 0 unspecified atom stereocenters. The van der Waals surface area contributed by atoms with Gasteiger partial charge in [0.1, 0.15) is 0 Å². The van der Waals surface area contributed by atoms with Crippen molar-refractivity contribution in [3.05, 3.63) is 0 Å². The van der Waals surface area contributed by atoms with Crippen LogP contribution in [0.25, 0.3) is 0 Å². The van der Waals surface area contributed by atoms with Crippen LogP contribution in [0.4, 0.5) is 0 Å². The summed E-state index contributed by atoms with van der Waals surface area (Å²) in [5, 5.41) is 3.42. The summed E-state index contributed by atoms with van der Waals surface area (Å²) in [6, 6.07) is 0. The second-order valence-corrected chi connectivity index (χ2v) is 5.31. The highest BCUT2D eigenvalue weighted by atomic mass is 16.1. The number of ketones is 1. The number of carbonyl (C=O) groups is 1. The molecule has 0 aliphatic rings. The van der Waals surface area contributed by atoms with Crippen molar-refractivity contribution in [1.82, 2.24) is 5.32 Å². The molecule has 2 nitrogen and oxygen atoms in total. The quantitative estimate of drug-likeness (QED) is 0.687. The van der Waals surface area contributed by atoms with E-state index in [2.05, 4.69) is 46.9 Å². The Balaban J connectivity index is 4.36. The molecule has 0 fully saturated rings. The fourth-order valence-electron chi connectivity index (χ4n) is 1.65. The molecule has 16 heavy (non-hydrogen) atoms. The predicted molar refractivity (Wildman–Crippen MR) is 70.7 cm³/mol. The lowest BCUT2D eigenvalue weighted by Crippen LogP contribution is -2.46. The van der Waals surface area contributed by atoms with Crippen LogP contribution in [0.15, 0.2) is 0 Å². The molecular weight excluding hydrogens is 198 g/mol. The van der Waals surface area contributed by atoms with Gasteiger partial charge in [-0.25, -0.2) is 0 Å². The van der Waals surface area contributed by atoms with Crippen molar-refractivity contribution >= 4 is 5.78 Å². The zero-order valence-electron chi connectivity index (χ0n) is 11.9. The third-order valence-electron chi connectivity index (χ3n) is 4.47. The Morgan fingerprint density at radius 3 is 1.69 bits per heavy atom. The Morgan fingerprint density at radius 2 is 1.38 bits per heavy atom. The van der Waals surface area contributed by atoms with E-state index in [-0.39, 0.29) is 11.0 Å². The Bertz CT molecular complexity index is 215. The third kappa shape index (κ3) is 3.89. The van der Waals surface area contributed by atoms with Crippen LogP contribution in [-0.2, 0) is 4.79 Å². The molecule has 0 radical (unpaired) electrons. The number of Topliss-reactive ketones (excluding diaryl/α,β-unsaturated/α-hetero) is 1. The molecule has 0 aromatic rings. The molecular formula is C14H29NO. The lowest BCUT2D eigenvalue weighted by atomic mass is 9.80.